The van der Waals surface area contributed by atoms with E-state index >= 15 is 0 Å². The highest BCUT2D eigenvalue weighted by Crippen LogP contribution is 2.25. The second-order valence-electron chi connectivity index (χ2n) is 6.01. The fourth-order valence-corrected chi connectivity index (χ4v) is 2.72. The molecule has 0 saturated carbocycles. The number of phenols is 1. The number of nitrogens with zero attached hydrogens (tertiary/aromatic N) is 1. The lowest BCUT2D eigenvalue weighted by molar-refractivity contribution is 0.317. The molecule has 0 aliphatic heterocycles. The fraction of sp³-hybridized carbons (Fsp3) is 0.632. The predicted octanol–water partition coefficient (Wildman–Crippen LogP) is 5.50. The van der Waals surface area contributed by atoms with E-state index in [-0.39, 0.29) is 5.75 Å². The molecule has 1 aromatic rings. The number of hydrogen-bond acceptors (Lipinski definition) is 4. The number of unbranched alkanes of at least 4 members (excludes halogenated alkanes) is 8. The maximum Gasteiger partial charge on any atom is 0.128 e. The van der Waals surface area contributed by atoms with E-state index in [0.29, 0.717) is 23.4 Å². The SMILES string of the molecule is CCCCCCCCCCCC(=NO)c1ccc(OC)cc1O. The van der Waals surface area contributed by atoms with E-state index in [1.807, 2.05) is 0 Å². The lowest BCUT2D eigenvalue weighted by Crippen LogP contribution is -2.02. The summed E-state index contributed by atoms with van der Waals surface area (Å²) in [7, 11) is 1.55. The van der Waals surface area contributed by atoms with Crippen molar-refractivity contribution >= 4 is 5.71 Å². The van der Waals surface area contributed by atoms with Crippen LogP contribution in [0.1, 0.15) is 76.7 Å². The van der Waals surface area contributed by atoms with Crippen molar-refractivity contribution in [3.05, 3.63) is 23.8 Å². The van der Waals surface area contributed by atoms with Gasteiger partial charge in [-0.2, -0.15) is 0 Å². The van der Waals surface area contributed by atoms with E-state index in [1.165, 1.54) is 51.0 Å². The summed E-state index contributed by atoms with van der Waals surface area (Å²) in [4.78, 5) is 0. The predicted molar refractivity (Wildman–Crippen MR) is 94.8 cm³/mol. The zero-order valence-corrected chi connectivity index (χ0v) is 14.6. The van der Waals surface area contributed by atoms with Crippen molar-refractivity contribution in [3.8, 4) is 11.5 Å². The second-order valence-corrected chi connectivity index (χ2v) is 6.01. The summed E-state index contributed by atoms with van der Waals surface area (Å²) < 4.78 is 5.06. The molecule has 0 aliphatic carbocycles. The average molecular weight is 321 g/mol. The van der Waals surface area contributed by atoms with Gasteiger partial charge in [0.1, 0.15) is 11.5 Å². The molecule has 0 atom stereocenters. The van der Waals surface area contributed by atoms with Crippen molar-refractivity contribution in [3.63, 3.8) is 0 Å². The van der Waals surface area contributed by atoms with Crippen LogP contribution in [0.4, 0.5) is 0 Å². The zero-order chi connectivity index (χ0) is 16.9. The standard InChI is InChI=1S/C19H31NO3/c1-3-4-5-6-7-8-9-10-11-12-18(20-22)17-14-13-16(23-2)15-19(17)21/h13-15,21-22H,3-12H2,1-2H3. The Bertz CT molecular complexity index is 472. The summed E-state index contributed by atoms with van der Waals surface area (Å²) in [6.07, 6.45) is 11.9. The van der Waals surface area contributed by atoms with Crippen LogP contribution in [-0.4, -0.2) is 23.1 Å². The Morgan fingerprint density at radius 1 is 1.00 bits per heavy atom. The van der Waals surface area contributed by atoms with Crippen molar-refractivity contribution in [2.24, 2.45) is 5.16 Å². The highest BCUT2D eigenvalue weighted by atomic mass is 16.5. The van der Waals surface area contributed by atoms with Gasteiger partial charge in [0.2, 0.25) is 0 Å². The molecule has 23 heavy (non-hydrogen) atoms. The summed E-state index contributed by atoms with van der Waals surface area (Å²) >= 11 is 0. The number of benzene rings is 1. The largest absolute Gasteiger partial charge is 0.507 e. The molecule has 4 heteroatoms. The van der Waals surface area contributed by atoms with Crippen LogP contribution in [0.3, 0.4) is 0 Å². The second kappa shape index (κ2) is 11.8. The minimum absolute atomic E-state index is 0.0908. The summed E-state index contributed by atoms with van der Waals surface area (Å²) in [5, 5.41) is 22.6. The highest BCUT2D eigenvalue weighted by molar-refractivity contribution is 6.02. The summed E-state index contributed by atoms with van der Waals surface area (Å²) in [5.41, 5.74) is 1.11. The van der Waals surface area contributed by atoms with Gasteiger partial charge >= 0.3 is 0 Å². The van der Waals surface area contributed by atoms with Crippen molar-refractivity contribution in [1.29, 1.82) is 0 Å². The topological polar surface area (TPSA) is 62.1 Å². The Morgan fingerprint density at radius 2 is 1.61 bits per heavy atom. The molecule has 0 radical (unpaired) electrons. The quantitative estimate of drug-likeness (QED) is 0.231. The van der Waals surface area contributed by atoms with Crippen LogP contribution in [0.25, 0.3) is 0 Å². The van der Waals surface area contributed by atoms with Crippen LogP contribution in [0.15, 0.2) is 23.4 Å². The van der Waals surface area contributed by atoms with E-state index < -0.39 is 0 Å². The molecule has 0 saturated heterocycles. The molecule has 0 heterocycles. The van der Waals surface area contributed by atoms with E-state index in [1.54, 1.807) is 19.2 Å². The molecule has 0 amide bonds. The number of aromatic hydroxyl groups is 1. The molecule has 130 valence electrons. The van der Waals surface area contributed by atoms with Crippen LogP contribution >= 0.6 is 0 Å². The third-order valence-electron chi connectivity index (χ3n) is 4.15. The summed E-state index contributed by atoms with van der Waals surface area (Å²) in [5.74, 6) is 0.680. The first-order valence-electron chi connectivity index (χ1n) is 8.81. The number of methoxy groups -OCH3 is 1. The zero-order valence-electron chi connectivity index (χ0n) is 14.6. The molecular weight excluding hydrogens is 290 g/mol. The summed E-state index contributed by atoms with van der Waals surface area (Å²) in [6.45, 7) is 2.24. The number of oxime groups is 1. The normalized spacial score (nSPS) is 11.7. The minimum atomic E-state index is 0.0908. The molecule has 0 unspecified atom stereocenters. The smallest absolute Gasteiger partial charge is 0.128 e. The van der Waals surface area contributed by atoms with Crippen LogP contribution in [0, 0.1) is 0 Å². The van der Waals surface area contributed by atoms with Gasteiger partial charge in [0.05, 0.1) is 12.8 Å². The van der Waals surface area contributed by atoms with Crippen LogP contribution in [0.5, 0.6) is 11.5 Å². The average Bonchev–Trinajstić information content (AvgIpc) is 2.57. The van der Waals surface area contributed by atoms with Crippen molar-refractivity contribution < 1.29 is 15.1 Å². The van der Waals surface area contributed by atoms with E-state index in [0.717, 1.165) is 12.8 Å². The molecule has 4 nitrogen and oxygen atoms in total. The number of phenolic OH excluding ortho intramolecular Hbond substituents is 1. The first-order chi connectivity index (χ1) is 11.2. The number of rotatable bonds is 12. The molecule has 0 fully saturated rings. The van der Waals surface area contributed by atoms with Gasteiger partial charge in [0.25, 0.3) is 0 Å². The Kier molecular flexibility index (Phi) is 9.92. The van der Waals surface area contributed by atoms with Gasteiger partial charge in [0.15, 0.2) is 0 Å². The molecule has 0 spiro atoms. The lowest BCUT2D eigenvalue weighted by atomic mass is 10.0. The van der Waals surface area contributed by atoms with Gasteiger partial charge in [0, 0.05) is 11.6 Å². The first kappa shape index (κ1) is 19.3. The third-order valence-corrected chi connectivity index (χ3v) is 4.15. The molecule has 2 N–H and O–H groups in total. The van der Waals surface area contributed by atoms with Gasteiger partial charge in [-0.3, -0.25) is 0 Å². The molecule has 1 rings (SSSR count). The van der Waals surface area contributed by atoms with E-state index in [9.17, 15) is 10.3 Å². The number of ether oxygens (including phenoxy) is 1. The van der Waals surface area contributed by atoms with Gasteiger partial charge in [-0.15, -0.1) is 0 Å². The molecule has 1 aromatic carbocycles. The first-order valence-corrected chi connectivity index (χ1v) is 8.81. The monoisotopic (exact) mass is 321 g/mol. The Morgan fingerprint density at radius 3 is 2.13 bits per heavy atom. The van der Waals surface area contributed by atoms with Crippen molar-refractivity contribution in [2.45, 2.75) is 71.1 Å². The summed E-state index contributed by atoms with van der Waals surface area (Å²) in [6, 6.07) is 5.03. The maximum absolute atomic E-state index is 10.00. The van der Waals surface area contributed by atoms with Gasteiger partial charge in [-0.25, -0.2) is 0 Å². The Labute approximate surface area is 140 Å². The number of hydrogen-bond donors (Lipinski definition) is 2. The fourth-order valence-electron chi connectivity index (χ4n) is 2.72. The molecule has 0 bridgehead atoms. The van der Waals surface area contributed by atoms with Crippen LogP contribution in [-0.2, 0) is 0 Å². The lowest BCUT2D eigenvalue weighted by Gasteiger charge is -2.08. The van der Waals surface area contributed by atoms with Crippen molar-refractivity contribution in [2.75, 3.05) is 7.11 Å². The molecular formula is C19H31NO3. The van der Waals surface area contributed by atoms with Crippen molar-refractivity contribution in [1.82, 2.24) is 0 Å². The molecule has 0 aliphatic rings. The van der Waals surface area contributed by atoms with Gasteiger partial charge < -0.3 is 15.1 Å². The van der Waals surface area contributed by atoms with Gasteiger partial charge in [-0.05, 0) is 25.0 Å². The van der Waals surface area contributed by atoms with E-state index in [4.69, 9.17) is 4.74 Å². The molecule has 0 aromatic heterocycles. The Hall–Kier alpha value is -1.71. The highest BCUT2D eigenvalue weighted by Gasteiger charge is 2.10. The Balaban J connectivity index is 2.27. The minimum Gasteiger partial charge on any atom is -0.507 e. The maximum atomic E-state index is 10.00. The van der Waals surface area contributed by atoms with E-state index in [2.05, 4.69) is 12.1 Å². The van der Waals surface area contributed by atoms with Crippen LogP contribution in [0.2, 0.25) is 0 Å². The third kappa shape index (κ3) is 7.40. The van der Waals surface area contributed by atoms with Gasteiger partial charge in [-0.1, -0.05) is 63.4 Å². The van der Waals surface area contributed by atoms with Crippen LogP contribution < -0.4 is 4.74 Å².